The molecule has 1 aromatic carbocycles. The summed E-state index contributed by atoms with van der Waals surface area (Å²) in [5.74, 6) is -0.849. The van der Waals surface area contributed by atoms with Crippen LogP contribution in [-0.4, -0.2) is 21.7 Å². The van der Waals surface area contributed by atoms with Gasteiger partial charge >= 0.3 is 5.97 Å². The third-order valence-corrected chi connectivity index (χ3v) is 2.91. The summed E-state index contributed by atoms with van der Waals surface area (Å²) in [6.07, 6.45) is 3.03. The van der Waals surface area contributed by atoms with Crippen LogP contribution in [-0.2, 0) is 4.84 Å². The zero-order valence-corrected chi connectivity index (χ0v) is 11.6. The Bertz CT molecular complexity index is 744. The second-order valence-electron chi connectivity index (χ2n) is 4.30. The minimum atomic E-state index is -0.826. The van der Waals surface area contributed by atoms with Crippen molar-refractivity contribution in [3.63, 3.8) is 0 Å². The molecular formula is C14H12N4O4. The molecule has 0 aliphatic heterocycles. The smallest absolute Gasteiger partial charge is 0.366 e. The number of aromatic nitrogens is 1. The van der Waals surface area contributed by atoms with E-state index in [-0.39, 0.29) is 22.6 Å². The van der Waals surface area contributed by atoms with Crippen molar-refractivity contribution >= 4 is 17.5 Å². The summed E-state index contributed by atoms with van der Waals surface area (Å²) in [7, 11) is 0. The number of hydrogen-bond acceptors (Lipinski definition) is 6. The number of carbonyl (C=O) groups excluding carboxylic acids is 1. The van der Waals surface area contributed by atoms with Crippen molar-refractivity contribution in [3.05, 3.63) is 69.5 Å². The van der Waals surface area contributed by atoms with Gasteiger partial charge < -0.3 is 10.6 Å². The molecule has 1 heterocycles. The Kier molecular flexibility index (Phi) is 4.42. The van der Waals surface area contributed by atoms with Crippen LogP contribution in [0.4, 0.5) is 5.69 Å². The number of rotatable bonds is 4. The fourth-order valence-electron chi connectivity index (χ4n) is 1.75. The van der Waals surface area contributed by atoms with Gasteiger partial charge in [-0.15, -0.1) is 0 Å². The van der Waals surface area contributed by atoms with Crippen LogP contribution in [0.5, 0.6) is 0 Å². The lowest BCUT2D eigenvalue weighted by Crippen LogP contribution is -2.15. The molecule has 0 aliphatic rings. The number of nitrogens with two attached hydrogens (primary N) is 1. The first-order valence-corrected chi connectivity index (χ1v) is 6.20. The van der Waals surface area contributed by atoms with Crippen LogP contribution >= 0.6 is 0 Å². The maximum atomic E-state index is 12.0. The lowest BCUT2D eigenvalue weighted by atomic mass is 10.1. The molecule has 0 aliphatic carbocycles. The highest BCUT2D eigenvalue weighted by Gasteiger charge is 2.19. The summed E-state index contributed by atoms with van der Waals surface area (Å²) in [6, 6.07) is 7.43. The van der Waals surface area contributed by atoms with Gasteiger partial charge in [-0.05, 0) is 25.1 Å². The standard InChI is InChI=1S/C14H12N4O4/c1-9-11(5-2-6-12(9)18(20)21)14(19)22-17-13(15)10-4-3-7-16-8-10/h2-8H,1H3,(H2,15,17). The van der Waals surface area contributed by atoms with Crippen molar-refractivity contribution in [1.29, 1.82) is 0 Å². The van der Waals surface area contributed by atoms with E-state index in [1.54, 1.807) is 18.3 Å². The largest absolute Gasteiger partial charge is 0.380 e. The minimum absolute atomic E-state index is 0.0236. The maximum absolute atomic E-state index is 12.0. The first-order chi connectivity index (χ1) is 10.5. The summed E-state index contributed by atoms with van der Waals surface area (Å²) in [6.45, 7) is 1.46. The van der Waals surface area contributed by atoms with Crippen molar-refractivity contribution in [2.24, 2.45) is 10.9 Å². The van der Waals surface area contributed by atoms with Crippen molar-refractivity contribution < 1.29 is 14.6 Å². The fraction of sp³-hybridized carbons (Fsp3) is 0.0714. The number of pyridine rings is 1. The van der Waals surface area contributed by atoms with Crippen LogP contribution in [0.2, 0.25) is 0 Å². The number of oxime groups is 1. The predicted octanol–water partition coefficient (Wildman–Crippen LogP) is 1.78. The Morgan fingerprint density at radius 1 is 1.36 bits per heavy atom. The highest BCUT2D eigenvalue weighted by molar-refractivity contribution is 5.98. The normalized spacial score (nSPS) is 11.0. The second kappa shape index (κ2) is 6.44. The Labute approximate surface area is 125 Å². The average Bonchev–Trinajstić information content (AvgIpc) is 2.53. The van der Waals surface area contributed by atoms with Crippen LogP contribution in [0.15, 0.2) is 47.9 Å². The van der Waals surface area contributed by atoms with Crippen molar-refractivity contribution in [3.8, 4) is 0 Å². The van der Waals surface area contributed by atoms with Crippen LogP contribution in [0.3, 0.4) is 0 Å². The molecule has 112 valence electrons. The summed E-state index contributed by atoms with van der Waals surface area (Å²) < 4.78 is 0. The van der Waals surface area contributed by atoms with Gasteiger partial charge in [0.25, 0.3) is 5.69 Å². The number of benzene rings is 1. The number of nitro benzene ring substituents is 1. The molecule has 0 amide bonds. The topological polar surface area (TPSA) is 121 Å². The molecule has 1 aromatic heterocycles. The summed E-state index contributed by atoms with van der Waals surface area (Å²) in [5, 5.41) is 14.4. The highest BCUT2D eigenvalue weighted by atomic mass is 16.7. The first-order valence-electron chi connectivity index (χ1n) is 6.20. The number of nitrogens with zero attached hydrogens (tertiary/aromatic N) is 3. The number of amidine groups is 1. The first kappa shape index (κ1) is 15.1. The molecule has 22 heavy (non-hydrogen) atoms. The molecule has 0 bridgehead atoms. The van der Waals surface area contributed by atoms with Crippen LogP contribution < -0.4 is 5.73 Å². The third kappa shape index (κ3) is 3.23. The van der Waals surface area contributed by atoms with Crippen LogP contribution in [0.1, 0.15) is 21.5 Å². The predicted molar refractivity (Wildman–Crippen MR) is 78.2 cm³/mol. The molecule has 2 rings (SSSR count). The van der Waals surface area contributed by atoms with Gasteiger partial charge in [-0.3, -0.25) is 15.1 Å². The van der Waals surface area contributed by atoms with E-state index in [1.807, 2.05) is 0 Å². The van der Waals surface area contributed by atoms with E-state index in [1.165, 1.54) is 31.3 Å². The quantitative estimate of drug-likeness (QED) is 0.302. The molecule has 0 atom stereocenters. The van der Waals surface area contributed by atoms with Gasteiger partial charge in [-0.25, -0.2) is 4.79 Å². The molecule has 0 radical (unpaired) electrons. The fourth-order valence-corrected chi connectivity index (χ4v) is 1.75. The van der Waals surface area contributed by atoms with E-state index in [0.29, 0.717) is 5.56 Å². The van der Waals surface area contributed by atoms with Gasteiger partial charge in [0, 0.05) is 29.6 Å². The van der Waals surface area contributed by atoms with E-state index < -0.39 is 10.9 Å². The van der Waals surface area contributed by atoms with Crippen molar-refractivity contribution in [2.45, 2.75) is 6.92 Å². The summed E-state index contributed by atoms with van der Waals surface area (Å²) in [5.41, 5.74) is 6.24. The monoisotopic (exact) mass is 300 g/mol. The zero-order valence-electron chi connectivity index (χ0n) is 11.6. The number of nitro groups is 1. The lowest BCUT2D eigenvalue weighted by Gasteiger charge is -2.04. The number of hydrogen-bond donors (Lipinski definition) is 1. The highest BCUT2D eigenvalue weighted by Crippen LogP contribution is 2.21. The van der Waals surface area contributed by atoms with E-state index in [0.717, 1.165) is 0 Å². The van der Waals surface area contributed by atoms with Gasteiger partial charge in [0.15, 0.2) is 5.84 Å². The molecule has 0 unspecified atom stereocenters. The van der Waals surface area contributed by atoms with Crippen molar-refractivity contribution in [1.82, 2.24) is 4.98 Å². The molecule has 0 fully saturated rings. The molecular weight excluding hydrogens is 288 g/mol. The average molecular weight is 300 g/mol. The third-order valence-electron chi connectivity index (χ3n) is 2.91. The molecule has 8 heteroatoms. The Morgan fingerprint density at radius 2 is 2.14 bits per heavy atom. The lowest BCUT2D eigenvalue weighted by molar-refractivity contribution is -0.385. The number of carbonyl (C=O) groups is 1. The maximum Gasteiger partial charge on any atom is 0.366 e. The summed E-state index contributed by atoms with van der Waals surface area (Å²) >= 11 is 0. The molecule has 0 spiro atoms. The van der Waals surface area contributed by atoms with Crippen molar-refractivity contribution in [2.75, 3.05) is 0 Å². The van der Waals surface area contributed by atoms with E-state index in [2.05, 4.69) is 10.1 Å². The Hall–Kier alpha value is -3.29. The van der Waals surface area contributed by atoms with E-state index in [4.69, 9.17) is 10.6 Å². The molecule has 0 saturated carbocycles. The molecule has 8 nitrogen and oxygen atoms in total. The second-order valence-corrected chi connectivity index (χ2v) is 4.30. The van der Waals surface area contributed by atoms with Gasteiger partial charge in [-0.1, -0.05) is 11.2 Å². The SMILES string of the molecule is Cc1c(C(=O)ON=C(N)c2cccnc2)cccc1[N+](=O)[O-]. The van der Waals surface area contributed by atoms with Gasteiger partial charge in [-0.2, -0.15) is 0 Å². The molecule has 2 aromatic rings. The van der Waals surface area contributed by atoms with Gasteiger partial charge in [0.2, 0.25) is 0 Å². The van der Waals surface area contributed by atoms with Gasteiger partial charge in [0.05, 0.1) is 10.5 Å². The van der Waals surface area contributed by atoms with Crippen LogP contribution in [0.25, 0.3) is 0 Å². The Morgan fingerprint density at radius 3 is 2.77 bits per heavy atom. The van der Waals surface area contributed by atoms with Crippen LogP contribution in [0, 0.1) is 17.0 Å². The van der Waals surface area contributed by atoms with E-state index >= 15 is 0 Å². The minimum Gasteiger partial charge on any atom is -0.380 e. The molecule has 2 N–H and O–H groups in total. The summed E-state index contributed by atoms with van der Waals surface area (Å²) in [4.78, 5) is 30.8. The Balaban J connectivity index is 2.20. The van der Waals surface area contributed by atoms with Gasteiger partial charge in [0.1, 0.15) is 0 Å². The van der Waals surface area contributed by atoms with E-state index in [9.17, 15) is 14.9 Å². The molecule has 0 saturated heterocycles. The zero-order chi connectivity index (χ0) is 16.1.